The third-order valence-electron chi connectivity index (χ3n) is 3.26. The molecule has 2 heteroatoms. The largest absolute Gasteiger partial charge is 0.366 e. The Bertz CT molecular complexity index is 395. The molecule has 0 saturated carbocycles. The highest BCUT2D eigenvalue weighted by atomic mass is 16.1. The fourth-order valence-corrected chi connectivity index (χ4v) is 2.11. The number of carbonyl (C=O) groups is 1. The van der Waals surface area contributed by atoms with Crippen LogP contribution in [0.4, 0.5) is 0 Å². The number of unbranched alkanes of at least 4 members (excludes halogenated alkanes) is 5. The van der Waals surface area contributed by atoms with Crippen LogP contribution in [0.15, 0.2) is 35.9 Å². The normalized spacial score (nSPS) is 11.5. The second-order valence-electron chi connectivity index (χ2n) is 4.96. The zero-order chi connectivity index (χ0) is 13.9. The number of hydrogen-bond donors (Lipinski definition) is 1. The van der Waals surface area contributed by atoms with E-state index in [9.17, 15) is 4.79 Å². The molecule has 0 bridgehead atoms. The van der Waals surface area contributed by atoms with Gasteiger partial charge in [-0.3, -0.25) is 4.79 Å². The van der Waals surface area contributed by atoms with E-state index < -0.39 is 0 Å². The maximum absolute atomic E-state index is 11.4. The van der Waals surface area contributed by atoms with Crippen molar-refractivity contribution in [3.05, 3.63) is 41.5 Å². The number of carbonyl (C=O) groups excluding carboxylic acids is 1. The predicted molar refractivity (Wildman–Crippen MR) is 81.6 cm³/mol. The average Bonchev–Trinajstić information content (AvgIpc) is 2.42. The highest BCUT2D eigenvalue weighted by Crippen LogP contribution is 2.14. The van der Waals surface area contributed by atoms with Gasteiger partial charge in [-0.2, -0.15) is 0 Å². The lowest BCUT2D eigenvalue weighted by molar-refractivity contribution is -0.114. The van der Waals surface area contributed by atoms with Gasteiger partial charge in [0.2, 0.25) is 5.91 Å². The van der Waals surface area contributed by atoms with Crippen LogP contribution in [0.1, 0.15) is 57.4 Å². The van der Waals surface area contributed by atoms with E-state index in [1.807, 2.05) is 36.4 Å². The van der Waals surface area contributed by atoms with Crippen molar-refractivity contribution in [1.29, 1.82) is 0 Å². The fraction of sp³-hybridized carbons (Fsp3) is 0.471. The van der Waals surface area contributed by atoms with Crippen molar-refractivity contribution in [2.24, 2.45) is 5.73 Å². The lowest BCUT2D eigenvalue weighted by Crippen LogP contribution is -2.13. The van der Waals surface area contributed by atoms with Gasteiger partial charge in [-0.1, -0.05) is 69.4 Å². The van der Waals surface area contributed by atoms with Crippen LogP contribution in [0.25, 0.3) is 6.08 Å². The Morgan fingerprint density at radius 1 is 1.05 bits per heavy atom. The molecule has 0 radical (unpaired) electrons. The van der Waals surface area contributed by atoms with Crippen LogP contribution in [-0.2, 0) is 4.79 Å². The minimum Gasteiger partial charge on any atom is -0.366 e. The molecule has 1 aromatic rings. The van der Waals surface area contributed by atoms with Crippen LogP contribution in [0.2, 0.25) is 0 Å². The SMILES string of the molecule is CCCCCCCCC(=Cc1ccccc1)C(N)=O. The number of primary amides is 1. The Morgan fingerprint density at radius 2 is 1.68 bits per heavy atom. The van der Waals surface area contributed by atoms with Gasteiger partial charge in [0.05, 0.1) is 0 Å². The first-order valence-electron chi connectivity index (χ1n) is 7.29. The van der Waals surface area contributed by atoms with Crippen molar-refractivity contribution in [3.63, 3.8) is 0 Å². The first kappa shape index (κ1) is 15.5. The molecule has 0 aliphatic carbocycles. The van der Waals surface area contributed by atoms with Gasteiger partial charge in [-0.25, -0.2) is 0 Å². The minimum atomic E-state index is -0.294. The second kappa shape index (κ2) is 9.37. The summed E-state index contributed by atoms with van der Waals surface area (Å²) in [6.07, 6.45) is 10.1. The van der Waals surface area contributed by atoms with Crippen molar-refractivity contribution in [2.45, 2.75) is 51.9 Å². The summed E-state index contributed by atoms with van der Waals surface area (Å²) >= 11 is 0. The number of nitrogens with two attached hydrogens (primary N) is 1. The van der Waals surface area contributed by atoms with Gasteiger partial charge in [-0.15, -0.1) is 0 Å². The van der Waals surface area contributed by atoms with E-state index in [0.717, 1.165) is 24.0 Å². The lowest BCUT2D eigenvalue weighted by Gasteiger charge is -2.04. The number of amides is 1. The molecule has 0 aliphatic heterocycles. The van der Waals surface area contributed by atoms with Crippen LogP contribution >= 0.6 is 0 Å². The van der Waals surface area contributed by atoms with Crippen molar-refractivity contribution >= 4 is 12.0 Å². The standard InChI is InChI=1S/C17H25NO/c1-2-3-4-5-6-10-13-16(17(18)19)14-15-11-8-7-9-12-15/h7-9,11-12,14H,2-6,10,13H2,1H3,(H2,18,19). The van der Waals surface area contributed by atoms with Crippen LogP contribution in [-0.4, -0.2) is 5.91 Å². The molecule has 0 spiro atoms. The molecule has 2 N–H and O–H groups in total. The molecule has 0 fully saturated rings. The summed E-state index contributed by atoms with van der Waals surface area (Å²) < 4.78 is 0. The summed E-state index contributed by atoms with van der Waals surface area (Å²) in [4.78, 5) is 11.4. The summed E-state index contributed by atoms with van der Waals surface area (Å²) in [7, 11) is 0. The molecule has 0 aromatic heterocycles. The Hall–Kier alpha value is -1.57. The van der Waals surface area contributed by atoms with Crippen molar-refractivity contribution < 1.29 is 4.79 Å². The lowest BCUT2D eigenvalue weighted by atomic mass is 10.0. The van der Waals surface area contributed by atoms with Gasteiger partial charge >= 0.3 is 0 Å². The summed E-state index contributed by atoms with van der Waals surface area (Å²) in [5.41, 5.74) is 7.22. The molecule has 1 amide bonds. The Labute approximate surface area is 116 Å². The van der Waals surface area contributed by atoms with Gasteiger partial charge in [-0.05, 0) is 24.5 Å². The summed E-state index contributed by atoms with van der Waals surface area (Å²) in [5.74, 6) is -0.294. The molecule has 2 nitrogen and oxygen atoms in total. The molecule has 0 heterocycles. The van der Waals surface area contributed by atoms with Crippen molar-refractivity contribution in [1.82, 2.24) is 0 Å². The van der Waals surface area contributed by atoms with Crippen molar-refractivity contribution in [2.75, 3.05) is 0 Å². The van der Waals surface area contributed by atoms with E-state index in [2.05, 4.69) is 6.92 Å². The quantitative estimate of drug-likeness (QED) is 0.521. The average molecular weight is 259 g/mol. The number of benzene rings is 1. The van der Waals surface area contributed by atoms with E-state index in [-0.39, 0.29) is 5.91 Å². The molecule has 1 aromatic carbocycles. The zero-order valence-corrected chi connectivity index (χ0v) is 11.9. The van der Waals surface area contributed by atoms with E-state index >= 15 is 0 Å². The van der Waals surface area contributed by atoms with Gasteiger partial charge in [0.1, 0.15) is 0 Å². The molecular weight excluding hydrogens is 234 g/mol. The summed E-state index contributed by atoms with van der Waals surface area (Å²) in [6, 6.07) is 9.88. The third-order valence-corrected chi connectivity index (χ3v) is 3.26. The van der Waals surface area contributed by atoms with Crippen LogP contribution in [0.3, 0.4) is 0 Å². The van der Waals surface area contributed by atoms with Gasteiger partial charge in [0.25, 0.3) is 0 Å². The first-order chi connectivity index (χ1) is 9.24. The van der Waals surface area contributed by atoms with Gasteiger partial charge in [0.15, 0.2) is 0 Å². The molecule has 0 aliphatic rings. The number of hydrogen-bond acceptors (Lipinski definition) is 1. The van der Waals surface area contributed by atoms with E-state index in [4.69, 9.17) is 5.73 Å². The maximum Gasteiger partial charge on any atom is 0.244 e. The highest BCUT2D eigenvalue weighted by Gasteiger charge is 2.04. The number of rotatable bonds is 9. The Balaban J connectivity index is 2.41. The highest BCUT2D eigenvalue weighted by molar-refractivity contribution is 5.96. The first-order valence-corrected chi connectivity index (χ1v) is 7.29. The summed E-state index contributed by atoms with van der Waals surface area (Å²) in [5, 5.41) is 0. The monoisotopic (exact) mass is 259 g/mol. The Morgan fingerprint density at radius 3 is 2.32 bits per heavy atom. The minimum absolute atomic E-state index is 0.294. The van der Waals surface area contributed by atoms with Crippen LogP contribution in [0, 0.1) is 0 Å². The molecular formula is C17H25NO. The molecule has 0 unspecified atom stereocenters. The molecule has 19 heavy (non-hydrogen) atoms. The summed E-state index contributed by atoms with van der Waals surface area (Å²) in [6.45, 7) is 2.22. The Kier molecular flexibility index (Phi) is 7.64. The van der Waals surface area contributed by atoms with Crippen LogP contribution < -0.4 is 5.73 Å². The predicted octanol–water partition coefficient (Wildman–Crippen LogP) is 4.31. The van der Waals surface area contributed by atoms with Crippen molar-refractivity contribution in [3.8, 4) is 0 Å². The zero-order valence-electron chi connectivity index (χ0n) is 11.9. The molecule has 0 atom stereocenters. The van der Waals surface area contributed by atoms with Gasteiger partial charge in [0, 0.05) is 5.57 Å². The van der Waals surface area contributed by atoms with E-state index in [0.29, 0.717) is 0 Å². The van der Waals surface area contributed by atoms with E-state index in [1.165, 1.54) is 32.1 Å². The van der Waals surface area contributed by atoms with E-state index in [1.54, 1.807) is 0 Å². The second-order valence-corrected chi connectivity index (χ2v) is 4.96. The smallest absolute Gasteiger partial charge is 0.244 e. The maximum atomic E-state index is 11.4. The topological polar surface area (TPSA) is 43.1 Å². The molecule has 104 valence electrons. The molecule has 1 rings (SSSR count). The molecule has 0 saturated heterocycles. The third kappa shape index (κ3) is 6.80. The van der Waals surface area contributed by atoms with Crippen LogP contribution in [0.5, 0.6) is 0 Å². The fourth-order valence-electron chi connectivity index (χ4n) is 2.11. The van der Waals surface area contributed by atoms with Gasteiger partial charge < -0.3 is 5.73 Å².